The average Bonchev–Trinajstić information content (AvgIpc) is 2.99. The molecule has 0 unspecified atom stereocenters. The first-order valence-electron chi connectivity index (χ1n) is 8.56. The van der Waals surface area contributed by atoms with Crippen LogP contribution in [-0.2, 0) is 11.2 Å². The Balaban J connectivity index is 1.41. The molecule has 1 N–H and O–H groups in total. The Kier molecular flexibility index (Phi) is 4.55. The van der Waals surface area contributed by atoms with E-state index in [2.05, 4.69) is 10.4 Å². The van der Waals surface area contributed by atoms with Gasteiger partial charge in [0.25, 0.3) is 0 Å². The summed E-state index contributed by atoms with van der Waals surface area (Å²) in [6.45, 7) is 1.26. The zero-order valence-corrected chi connectivity index (χ0v) is 14.2. The Labute approximate surface area is 151 Å². The highest BCUT2D eigenvalue weighted by Crippen LogP contribution is 2.32. The third kappa shape index (κ3) is 3.69. The molecule has 1 aliphatic heterocycles. The van der Waals surface area contributed by atoms with Gasteiger partial charge < -0.3 is 14.8 Å². The minimum atomic E-state index is -0.105. The van der Waals surface area contributed by atoms with E-state index in [1.165, 1.54) is 0 Å². The number of carbonyl (C=O) groups is 1. The van der Waals surface area contributed by atoms with Crippen LogP contribution in [0.25, 0.3) is 5.69 Å². The van der Waals surface area contributed by atoms with E-state index in [1.807, 2.05) is 48.7 Å². The summed E-state index contributed by atoms with van der Waals surface area (Å²) in [6, 6.07) is 15.2. The quantitative estimate of drug-likeness (QED) is 0.785. The Morgan fingerprint density at radius 1 is 1.08 bits per heavy atom. The Bertz CT molecular complexity index is 906. The smallest absolute Gasteiger partial charge is 0.228 e. The molecule has 1 aliphatic rings. The van der Waals surface area contributed by atoms with Crippen molar-refractivity contribution in [2.24, 2.45) is 0 Å². The summed E-state index contributed by atoms with van der Waals surface area (Å²) >= 11 is 0. The number of aromatic nitrogens is 2. The second-order valence-electron chi connectivity index (χ2n) is 6.07. The molecular weight excluding hydrogens is 330 g/mol. The van der Waals surface area contributed by atoms with Crippen LogP contribution < -0.4 is 14.8 Å². The van der Waals surface area contributed by atoms with E-state index in [4.69, 9.17) is 9.47 Å². The lowest BCUT2D eigenvalue weighted by molar-refractivity contribution is -0.115. The molecule has 4 rings (SSSR count). The molecule has 0 radical (unpaired) electrons. The zero-order chi connectivity index (χ0) is 17.8. The largest absolute Gasteiger partial charge is 0.490 e. The highest BCUT2D eigenvalue weighted by Gasteiger charge is 2.12. The van der Waals surface area contributed by atoms with Crippen LogP contribution in [-0.4, -0.2) is 28.9 Å². The van der Waals surface area contributed by atoms with Gasteiger partial charge in [-0.25, -0.2) is 4.68 Å². The number of hydrogen-bond acceptors (Lipinski definition) is 4. The SMILES string of the molecule is O=C(Cc1cnn(-c2ccccc2)c1)Nc1ccc2c(c1)OCCCO2. The lowest BCUT2D eigenvalue weighted by atomic mass is 10.2. The number of hydrogen-bond donors (Lipinski definition) is 1. The Morgan fingerprint density at radius 2 is 1.88 bits per heavy atom. The molecule has 6 nitrogen and oxygen atoms in total. The van der Waals surface area contributed by atoms with Gasteiger partial charge in [0.1, 0.15) is 0 Å². The summed E-state index contributed by atoms with van der Waals surface area (Å²) in [5, 5.41) is 7.21. The fourth-order valence-corrected chi connectivity index (χ4v) is 2.80. The third-order valence-electron chi connectivity index (χ3n) is 4.05. The van der Waals surface area contributed by atoms with Gasteiger partial charge in [-0.3, -0.25) is 4.79 Å². The first kappa shape index (κ1) is 16.2. The molecule has 0 bridgehead atoms. The van der Waals surface area contributed by atoms with Crippen molar-refractivity contribution in [1.29, 1.82) is 0 Å². The molecule has 0 saturated heterocycles. The molecule has 0 atom stereocenters. The van der Waals surface area contributed by atoms with Crippen molar-refractivity contribution in [3.05, 3.63) is 66.5 Å². The number of nitrogens with zero attached hydrogens (tertiary/aromatic N) is 2. The summed E-state index contributed by atoms with van der Waals surface area (Å²) < 4.78 is 13.0. The fourth-order valence-electron chi connectivity index (χ4n) is 2.80. The Hall–Kier alpha value is -3.28. The minimum Gasteiger partial charge on any atom is -0.490 e. The van der Waals surface area contributed by atoms with E-state index >= 15 is 0 Å². The van der Waals surface area contributed by atoms with Crippen LogP contribution in [0.4, 0.5) is 5.69 Å². The predicted molar refractivity (Wildman–Crippen MR) is 97.9 cm³/mol. The van der Waals surface area contributed by atoms with Gasteiger partial charge in [0.05, 0.1) is 31.5 Å². The molecule has 6 heteroatoms. The van der Waals surface area contributed by atoms with Gasteiger partial charge >= 0.3 is 0 Å². The van der Waals surface area contributed by atoms with Gasteiger partial charge in [-0.15, -0.1) is 0 Å². The average molecular weight is 349 g/mol. The normalized spacial score (nSPS) is 13.1. The number of ether oxygens (including phenoxy) is 2. The number of nitrogens with one attached hydrogen (secondary N) is 1. The maximum Gasteiger partial charge on any atom is 0.228 e. The molecule has 1 amide bonds. The van der Waals surface area contributed by atoms with Gasteiger partial charge in [0.15, 0.2) is 11.5 Å². The van der Waals surface area contributed by atoms with Crippen molar-refractivity contribution in [2.45, 2.75) is 12.8 Å². The zero-order valence-electron chi connectivity index (χ0n) is 14.2. The number of benzene rings is 2. The van der Waals surface area contributed by atoms with E-state index in [0.29, 0.717) is 30.4 Å². The number of fused-ring (bicyclic) bond motifs is 1. The molecule has 0 spiro atoms. The minimum absolute atomic E-state index is 0.105. The van der Waals surface area contributed by atoms with Crippen molar-refractivity contribution in [1.82, 2.24) is 9.78 Å². The van der Waals surface area contributed by atoms with Crippen molar-refractivity contribution < 1.29 is 14.3 Å². The molecule has 2 heterocycles. The summed E-state index contributed by atoms with van der Waals surface area (Å²) in [5.74, 6) is 1.27. The van der Waals surface area contributed by atoms with Crippen molar-refractivity contribution >= 4 is 11.6 Å². The molecule has 0 saturated carbocycles. The van der Waals surface area contributed by atoms with E-state index in [0.717, 1.165) is 17.7 Å². The van der Waals surface area contributed by atoms with Crippen LogP contribution in [0.3, 0.4) is 0 Å². The van der Waals surface area contributed by atoms with Crippen LogP contribution in [0.2, 0.25) is 0 Å². The fraction of sp³-hybridized carbons (Fsp3) is 0.200. The lowest BCUT2D eigenvalue weighted by Crippen LogP contribution is -2.14. The van der Waals surface area contributed by atoms with Crippen LogP contribution in [0.5, 0.6) is 11.5 Å². The van der Waals surface area contributed by atoms with E-state index in [1.54, 1.807) is 16.9 Å². The molecule has 1 aromatic heterocycles. The maximum absolute atomic E-state index is 12.3. The summed E-state index contributed by atoms with van der Waals surface area (Å²) in [6.07, 6.45) is 4.67. The summed E-state index contributed by atoms with van der Waals surface area (Å²) in [5.41, 5.74) is 2.50. The van der Waals surface area contributed by atoms with Gasteiger partial charge in [-0.2, -0.15) is 5.10 Å². The van der Waals surface area contributed by atoms with Crippen LogP contribution in [0.1, 0.15) is 12.0 Å². The molecule has 132 valence electrons. The number of para-hydroxylation sites is 1. The summed E-state index contributed by atoms with van der Waals surface area (Å²) in [7, 11) is 0. The van der Waals surface area contributed by atoms with E-state index < -0.39 is 0 Å². The maximum atomic E-state index is 12.3. The molecular formula is C20H19N3O3. The molecule has 0 fully saturated rings. The van der Waals surface area contributed by atoms with Gasteiger partial charge in [-0.1, -0.05) is 18.2 Å². The van der Waals surface area contributed by atoms with Crippen molar-refractivity contribution in [3.63, 3.8) is 0 Å². The van der Waals surface area contributed by atoms with Crippen LogP contribution in [0, 0.1) is 0 Å². The topological polar surface area (TPSA) is 65.4 Å². The number of carbonyl (C=O) groups excluding carboxylic acids is 1. The lowest BCUT2D eigenvalue weighted by Gasteiger charge is -2.10. The van der Waals surface area contributed by atoms with Crippen molar-refractivity contribution in [2.75, 3.05) is 18.5 Å². The van der Waals surface area contributed by atoms with E-state index in [9.17, 15) is 4.79 Å². The number of amides is 1. The Morgan fingerprint density at radius 3 is 2.73 bits per heavy atom. The first-order valence-corrected chi connectivity index (χ1v) is 8.56. The van der Waals surface area contributed by atoms with Crippen LogP contribution >= 0.6 is 0 Å². The summed E-state index contributed by atoms with van der Waals surface area (Å²) in [4.78, 5) is 12.3. The standard InChI is InChI=1S/C20H19N3O3/c24-20(11-15-13-21-23(14-15)17-5-2-1-3-6-17)22-16-7-8-18-19(12-16)26-10-4-9-25-18/h1-3,5-8,12-14H,4,9-11H2,(H,22,24). The predicted octanol–water partition coefficient (Wildman–Crippen LogP) is 3.21. The first-order chi connectivity index (χ1) is 12.8. The van der Waals surface area contributed by atoms with Gasteiger partial charge in [0, 0.05) is 24.4 Å². The molecule has 2 aromatic carbocycles. The second kappa shape index (κ2) is 7.31. The number of rotatable bonds is 4. The highest BCUT2D eigenvalue weighted by molar-refractivity contribution is 5.92. The van der Waals surface area contributed by atoms with E-state index in [-0.39, 0.29) is 12.3 Å². The molecule has 0 aliphatic carbocycles. The monoisotopic (exact) mass is 349 g/mol. The number of anilines is 1. The molecule has 3 aromatic rings. The molecule has 26 heavy (non-hydrogen) atoms. The van der Waals surface area contributed by atoms with Gasteiger partial charge in [-0.05, 0) is 29.8 Å². The highest BCUT2D eigenvalue weighted by atomic mass is 16.5. The van der Waals surface area contributed by atoms with Crippen LogP contribution in [0.15, 0.2) is 60.9 Å². The van der Waals surface area contributed by atoms with Crippen molar-refractivity contribution in [3.8, 4) is 17.2 Å². The third-order valence-corrected chi connectivity index (χ3v) is 4.05. The second-order valence-corrected chi connectivity index (χ2v) is 6.07. The van der Waals surface area contributed by atoms with Gasteiger partial charge in [0.2, 0.25) is 5.91 Å².